The molecule has 0 saturated heterocycles. The van der Waals surface area contributed by atoms with Crippen LogP contribution in [0.5, 0.6) is 0 Å². The van der Waals surface area contributed by atoms with Gasteiger partial charge in [-0.2, -0.15) is 26.0 Å². The predicted molar refractivity (Wildman–Crippen MR) is 166 cm³/mol. The summed E-state index contributed by atoms with van der Waals surface area (Å²) in [4.78, 5) is 26.5. The van der Waals surface area contributed by atoms with Crippen molar-refractivity contribution in [2.45, 2.75) is 61.7 Å². The van der Waals surface area contributed by atoms with Crippen molar-refractivity contribution in [2.75, 3.05) is 13.2 Å². The van der Waals surface area contributed by atoms with Crippen molar-refractivity contribution in [3.8, 4) is 0 Å². The van der Waals surface area contributed by atoms with Crippen LogP contribution >= 0.6 is 90.4 Å². The third-order valence-corrected chi connectivity index (χ3v) is 16.1. The van der Waals surface area contributed by atoms with E-state index in [9.17, 15) is 40.7 Å². The van der Waals surface area contributed by atoms with Crippen LogP contribution in [0.3, 0.4) is 0 Å². The standard InChI is InChI=1S/C23H22F4I4O8S/c24-22(25,23(26,27)40(35,36)37)1-2-38-18(32)12-13(15(29)17(31)16(30)14(12)28)19(33)39-9-20-4-10-3-11(5-20)7-21(34,6-10)8-20/h10-11,34H,1-9H2,(H,35,36,37). The average Bonchev–Trinajstić information content (AvgIpc) is 2.80. The van der Waals surface area contributed by atoms with Crippen LogP contribution in [0.1, 0.15) is 65.7 Å². The third kappa shape index (κ3) is 6.25. The fourth-order valence-corrected chi connectivity index (χ4v) is 10.7. The van der Waals surface area contributed by atoms with Gasteiger partial charge in [0.05, 0.1) is 36.4 Å². The van der Waals surface area contributed by atoms with Gasteiger partial charge in [-0.3, -0.25) is 4.55 Å². The van der Waals surface area contributed by atoms with Crippen LogP contribution in [-0.4, -0.2) is 60.0 Å². The number of ether oxygens (including phenoxy) is 2. The van der Waals surface area contributed by atoms with E-state index in [1.54, 1.807) is 22.6 Å². The lowest BCUT2D eigenvalue weighted by Crippen LogP contribution is -2.57. The Kier molecular flexibility index (Phi) is 9.69. The maximum Gasteiger partial charge on any atom is 0.431 e. The predicted octanol–water partition coefficient (Wildman–Crippen LogP) is 6.26. The van der Waals surface area contributed by atoms with Crippen molar-refractivity contribution in [3.63, 3.8) is 0 Å². The third-order valence-electron chi connectivity index (χ3n) is 7.74. The molecular weight excluding hydrogens is 1020 g/mol. The van der Waals surface area contributed by atoms with Gasteiger partial charge in [-0.25, -0.2) is 9.59 Å². The first-order valence-corrected chi connectivity index (χ1v) is 17.6. The molecule has 2 N–H and O–H groups in total. The van der Waals surface area contributed by atoms with Gasteiger partial charge in [0.15, 0.2) is 0 Å². The minimum Gasteiger partial charge on any atom is -0.462 e. The average molecular weight is 1040 g/mol. The van der Waals surface area contributed by atoms with Crippen LogP contribution in [0.25, 0.3) is 0 Å². The molecule has 17 heteroatoms. The second-order valence-corrected chi connectivity index (χ2v) is 16.6. The van der Waals surface area contributed by atoms with Crippen LogP contribution in [0, 0.1) is 31.5 Å². The maximum atomic E-state index is 13.9. The number of carbonyl (C=O) groups is 2. The van der Waals surface area contributed by atoms with E-state index in [4.69, 9.17) is 14.0 Å². The highest BCUT2D eigenvalue weighted by Crippen LogP contribution is 2.61. The molecule has 1 aromatic rings. The fourth-order valence-electron chi connectivity index (χ4n) is 6.55. The lowest BCUT2D eigenvalue weighted by atomic mass is 9.48. The normalized spacial score (nSPS) is 28.1. The van der Waals surface area contributed by atoms with Crippen molar-refractivity contribution in [3.05, 3.63) is 25.4 Å². The number of rotatable bonds is 9. The number of esters is 2. The second-order valence-electron chi connectivity index (χ2n) is 10.8. The van der Waals surface area contributed by atoms with Gasteiger partial charge in [0, 0.05) is 19.7 Å². The van der Waals surface area contributed by atoms with Crippen LogP contribution in [-0.2, 0) is 19.6 Å². The van der Waals surface area contributed by atoms with E-state index in [0.717, 1.165) is 32.1 Å². The van der Waals surface area contributed by atoms with E-state index in [2.05, 4.69) is 0 Å². The molecule has 5 rings (SSSR count). The highest BCUT2D eigenvalue weighted by atomic mass is 127. The Morgan fingerprint density at radius 2 is 1.35 bits per heavy atom. The quantitative estimate of drug-likeness (QED) is 0.0743. The first-order valence-electron chi connectivity index (χ1n) is 11.9. The summed E-state index contributed by atoms with van der Waals surface area (Å²) in [6.45, 7) is -1.30. The molecule has 0 aromatic heterocycles. The molecule has 4 bridgehead atoms. The molecule has 4 aliphatic carbocycles. The van der Waals surface area contributed by atoms with E-state index < -0.39 is 51.9 Å². The minimum absolute atomic E-state index is 0.0296. The second kappa shape index (κ2) is 11.5. The smallest absolute Gasteiger partial charge is 0.431 e. The number of hydrogen-bond donors (Lipinski definition) is 2. The first kappa shape index (κ1) is 33.6. The maximum absolute atomic E-state index is 13.9. The van der Waals surface area contributed by atoms with E-state index in [1.807, 2.05) is 67.8 Å². The van der Waals surface area contributed by atoms with Crippen LogP contribution in [0.15, 0.2) is 0 Å². The van der Waals surface area contributed by atoms with Gasteiger partial charge in [-0.1, -0.05) is 0 Å². The monoisotopic (exact) mass is 1040 g/mol. The molecule has 4 saturated carbocycles. The summed E-state index contributed by atoms with van der Waals surface area (Å²) < 4.78 is 97.0. The number of aliphatic hydroxyl groups is 1. The highest BCUT2D eigenvalue weighted by molar-refractivity contribution is 14.1. The molecule has 8 nitrogen and oxygen atoms in total. The number of halogens is 8. The Bertz CT molecular complexity index is 1340. The van der Waals surface area contributed by atoms with Crippen molar-refractivity contribution < 1.29 is 54.7 Å². The summed E-state index contributed by atoms with van der Waals surface area (Å²) in [5, 5.41) is 5.20. The van der Waals surface area contributed by atoms with Gasteiger partial charge < -0.3 is 14.6 Å². The molecule has 4 fully saturated rings. The van der Waals surface area contributed by atoms with Crippen LogP contribution < -0.4 is 0 Å². The zero-order valence-corrected chi connectivity index (χ0v) is 29.7. The molecule has 0 aliphatic heterocycles. The molecule has 40 heavy (non-hydrogen) atoms. The minimum atomic E-state index is -6.44. The molecule has 2 unspecified atom stereocenters. The molecule has 0 heterocycles. The molecule has 4 aliphatic rings. The van der Waals surface area contributed by atoms with E-state index in [-0.39, 0.29) is 26.7 Å². The summed E-state index contributed by atoms with van der Waals surface area (Å²) in [6.07, 6.45) is 2.73. The molecule has 224 valence electrons. The molecular formula is C23H22F4I4O8S. The molecule has 2 atom stereocenters. The van der Waals surface area contributed by atoms with Crippen LogP contribution in [0.2, 0.25) is 0 Å². The lowest BCUT2D eigenvalue weighted by Gasteiger charge is -2.59. The Labute approximate surface area is 281 Å². The summed E-state index contributed by atoms with van der Waals surface area (Å²) in [7, 11) is -6.44. The number of benzene rings is 1. The van der Waals surface area contributed by atoms with E-state index >= 15 is 0 Å². The Balaban J connectivity index is 1.54. The SMILES string of the molecule is O=C(OCCC(F)(F)C(F)(F)S(=O)(=O)O)c1c(I)c(I)c(I)c(I)c1C(=O)OCC12CC3CC(CC(O)(C3)C1)C2. The summed E-state index contributed by atoms with van der Waals surface area (Å²) in [5.41, 5.74) is -1.62. The van der Waals surface area contributed by atoms with Crippen LogP contribution in [0.4, 0.5) is 17.6 Å². The van der Waals surface area contributed by atoms with Gasteiger partial charge >= 0.3 is 33.2 Å². The van der Waals surface area contributed by atoms with Crippen molar-refractivity contribution in [2.24, 2.45) is 17.3 Å². The van der Waals surface area contributed by atoms with E-state index in [1.165, 1.54) is 0 Å². The zero-order valence-electron chi connectivity index (χ0n) is 20.3. The fraction of sp³-hybridized carbons (Fsp3) is 0.652. The zero-order chi connectivity index (χ0) is 30.1. The number of alkyl halides is 4. The molecule has 0 spiro atoms. The summed E-state index contributed by atoms with van der Waals surface area (Å²) >= 11 is 7.53. The summed E-state index contributed by atoms with van der Waals surface area (Å²) in [6, 6.07) is 0. The molecule has 0 amide bonds. The largest absolute Gasteiger partial charge is 0.462 e. The Hall–Kier alpha value is 0.670. The summed E-state index contributed by atoms with van der Waals surface area (Å²) in [5.74, 6) is -6.66. The Morgan fingerprint density at radius 3 is 1.80 bits per heavy atom. The van der Waals surface area contributed by atoms with Gasteiger partial charge in [0.1, 0.15) is 0 Å². The van der Waals surface area contributed by atoms with Crippen molar-refractivity contribution in [1.82, 2.24) is 0 Å². The molecule has 0 radical (unpaired) electrons. The molecule has 1 aromatic carbocycles. The number of hydrogen-bond acceptors (Lipinski definition) is 7. The van der Waals surface area contributed by atoms with Gasteiger partial charge in [0.2, 0.25) is 0 Å². The van der Waals surface area contributed by atoms with Gasteiger partial charge in [0.25, 0.3) is 0 Å². The van der Waals surface area contributed by atoms with Gasteiger partial charge in [-0.15, -0.1) is 0 Å². The highest BCUT2D eigenvalue weighted by Gasteiger charge is 2.65. The van der Waals surface area contributed by atoms with Crippen molar-refractivity contribution in [1.29, 1.82) is 0 Å². The van der Waals surface area contributed by atoms with Gasteiger partial charge in [-0.05, 0) is 141 Å². The first-order chi connectivity index (χ1) is 18.2. The Morgan fingerprint density at radius 1 is 0.875 bits per heavy atom. The topological polar surface area (TPSA) is 127 Å². The van der Waals surface area contributed by atoms with E-state index in [0.29, 0.717) is 29.0 Å². The lowest BCUT2D eigenvalue weighted by molar-refractivity contribution is -0.175. The number of carbonyl (C=O) groups excluding carboxylic acids is 2. The van der Waals surface area contributed by atoms with Crippen molar-refractivity contribution >= 4 is 112 Å².